The van der Waals surface area contributed by atoms with E-state index >= 15 is 0 Å². The molecule has 1 aliphatic heterocycles. The molecule has 128 valence electrons. The molecule has 0 spiro atoms. The number of ether oxygens (including phenoxy) is 2. The zero-order valence-corrected chi connectivity index (χ0v) is 14.0. The minimum absolute atomic E-state index is 0.0715. The van der Waals surface area contributed by atoms with Crippen molar-refractivity contribution in [3.63, 3.8) is 0 Å². The molecule has 2 N–H and O–H groups in total. The average molecular weight is 343 g/mol. The lowest BCUT2D eigenvalue weighted by atomic mass is 10.2. The molecule has 1 aliphatic rings. The molecule has 1 atom stereocenters. The minimum Gasteiger partial charge on any atom is -0.465 e. The van der Waals surface area contributed by atoms with Gasteiger partial charge in [0, 0.05) is 13.1 Å². The van der Waals surface area contributed by atoms with Crippen LogP contribution in [0.4, 0.5) is 5.95 Å². The molecule has 2 rings (SSSR count). The summed E-state index contributed by atoms with van der Waals surface area (Å²) in [6.07, 6.45) is 0. The summed E-state index contributed by atoms with van der Waals surface area (Å²) < 4.78 is 11.7. The van der Waals surface area contributed by atoms with E-state index in [4.69, 9.17) is 15.2 Å². The van der Waals surface area contributed by atoms with E-state index in [-0.39, 0.29) is 23.6 Å². The number of anilines is 1. The first-order valence-electron chi connectivity index (χ1n) is 7.40. The molecule has 0 saturated carbocycles. The van der Waals surface area contributed by atoms with E-state index < -0.39 is 6.04 Å². The first-order valence-corrected chi connectivity index (χ1v) is 8.38. The van der Waals surface area contributed by atoms with Crippen LogP contribution < -0.4 is 5.73 Å². The maximum absolute atomic E-state index is 12.6. The van der Waals surface area contributed by atoms with E-state index in [0.717, 1.165) is 11.8 Å². The third kappa shape index (κ3) is 4.35. The lowest BCUT2D eigenvalue weighted by Gasteiger charge is -2.30. The van der Waals surface area contributed by atoms with Gasteiger partial charge in [-0.1, -0.05) is 11.8 Å². The first-order chi connectivity index (χ1) is 11.0. The van der Waals surface area contributed by atoms with Gasteiger partial charge in [0.1, 0.15) is 6.04 Å². The van der Waals surface area contributed by atoms with Crippen LogP contribution in [0.1, 0.15) is 19.9 Å². The van der Waals surface area contributed by atoms with Crippen LogP contribution in [-0.2, 0) is 19.1 Å². The molecule has 2 heterocycles. The summed E-state index contributed by atoms with van der Waals surface area (Å²) >= 11 is 1.15. The lowest BCUT2D eigenvalue weighted by molar-refractivity contribution is -0.140. The molecule has 1 aromatic rings. The Labute approximate surface area is 138 Å². The fourth-order valence-corrected chi connectivity index (χ4v) is 3.05. The van der Waals surface area contributed by atoms with E-state index in [1.807, 2.05) is 0 Å². The van der Waals surface area contributed by atoms with Gasteiger partial charge in [-0.25, -0.2) is 0 Å². The summed E-state index contributed by atoms with van der Waals surface area (Å²) in [5.41, 5.74) is 5.84. The first kappa shape index (κ1) is 17.5. The Hall–Kier alpha value is -1.81. The highest BCUT2D eigenvalue weighted by atomic mass is 32.2. The summed E-state index contributed by atoms with van der Waals surface area (Å²) in [6.45, 7) is 5.96. The second-order valence-electron chi connectivity index (χ2n) is 4.92. The molecule has 23 heavy (non-hydrogen) atoms. The largest absolute Gasteiger partial charge is 0.465 e. The Bertz CT molecular complexity index is 559. The van der Waals surface area contributed by atoms with E-state index in [0.29, 0.717) is 38.1 Å². The highest BCUT2D eigenvalue weighted by Gasteiger charge is 2.27. The van der Waals surface area contributed by atoms with Crippen LogP contribution in [0.25, 0.3) is 0 Å². The highest BCUT2D eigenvalue weighted by Crippen LogP contribution is 2.24. The SMILES string of the molecule is CCOC(=O)CSc1nnc(N)n1C(C)C(=O)N1CCOCC1. The number of nitrogens with zero attached hydrogens (tertiary/aromatic N) is 4. The molecular formula is C13H21N5O4S. The van der Waals surface area contributed by atoms with Crippen molar-refractivity contribution in [2.24, 2.45) is 0 Å². The van der Waals surface area contributed by atoms with Crippen LogP contribution in [0.5, 0.6) is 0 Å². The van der Waals surface area contributed by atoms with E-state index in [1.54, 1.807) is 23.3 Å². The Balaban J connectivity index is 2.07. The van der Waals surface area contributed by atoms with Crippen molar-refractivity contribution >= 4 is 29.6 Å². The molecule has 0 bridgehead atoms. The molecule has 10 heteroatoms. The highest BCUT2D eigenvalue weighted by molar-refractivity contribution is 7.99. The van der Waals surface area contributed by atoms with Gasteiger partial charge < -0.3 is 20.1 Å². The number of amides is 1. The quantitative estimate of drug-likeness (QED) is 0.564. The minimum atomic E-state index is -0.548. The van der Waals surface area contributed by atoms with Gasteiger partial charge in [-0.15, -0.1) is 10.2 Å². The Morgan fingerprint density at radius 1 is 1.39 bits per heavy atom. The summed E-state index contributed by atoms with van der Waals surface area (Å²) in [6, 6.07) is -0.548. The van der Waals surface area contributed by atoms with Gasteiger partial charge in [0.15, 0.2) is 5.16 Å². The average Bonchev–Trinajstić information content (AvgIpc) is 2.93. The van der Waals surface area contributed by atoms with Crippen molar-refractivity contribution in [3.8, 4) is 0 Å². The van der Waals surface area contributed by atoms with Crippen molar-refractivity contribution in [3.05, 3.63) is 0 Å². The Kier molecular flexibility index (Phi) is 6.22. The number of rotatable bonds is 6. The predicted octanol–water partition coefficient (Wildman–Crippen LogP) is -0.0647. The maximum Gasteiger partial charge on any atom is 0.316 e. The van der Waals surface area contributed by atoms with E-state index in [1.165, 1.54) is 0 Å². The van der Waals surface area contributed by atoms with Crippen molar-refractivity contribution in [1.82, 2.24) is 19.7 Å². The van der Waals surface area contributed by atoms with Crippen LogP contribution in [-0.4, -0.2) is 70.2 Å². The van der Waals surface area contributed by atoms with E-state index in [2.05, 4.69) is 10.2 Å². The number of nitrogen functional groups attached to an aromatic ring is 1. The molecule has 1 fully saturated rings. The summed E-state index contributed by atoms with van der Waals surface area (Å²) in [7, 11) is 0. The van der Waals surface area contributed by atoms with Gasteiger partial charge in [-0.05, 0) is 13.8 Å². The predicted molar refractivity (Wildman–Crippen MR) is 83.9 cm³/mol. The third-order valence-corrected chi connectivity index (χ3v) is 4.30. The monoisotopic (exact) mass is 343 g/mol. The fraction of sp³-hybridized carbons (Fsp3) is 0.692. The zero-order chi connectivity index (χ0) is 16.8. The van der Waals surface area contributed by atoms with Crippen LogP contribution in [0.3, 0.4) is 0 Å². The van der Waals surface area contributed by atoms with Crippen LogP contribution in [0.2, 0.25) is 0 Å². The summed E-state index contributed by atoms with van der Waals surface area (Å²) in [5.74, 6) is -0.189. The molecule has 0 aromatic carbocycles. The van der Waals surface area contributed by atoms with Crippen LogP contribution in [0.15, 0.2) is 5.16 Å². The second kappa shape index (κ2) is 8.16. The number of hydrogen-bond acceptors (Lipinski definition) is 8. The molecular weight excluding hydrogens is 322 g/mol. The van der Waals surface area contributed by atoms with Gasteiger partial charge in [-0.3, -0.25) is 14.2 Å². The van der Waals surface area contributed by atoms with Gasteiger partial charge in [0.05, 0.1) is 25.6 Å². The Morgan fingerprint density at radius 3 is 2.74 bits per heavy atom. The molecule has 1 saturated heterocycles. The molecule has 9 nitrogen and oxygen atoms in total. The fourth-order valence-electron chi connectivity index (χ4n) is 2.24. The van der Waals surface area contributed by atoms with Gasteiger partial charge in [-0.2, -0.15) is 0 Å². The Morgan fingerprint density at radius 2 is 2.09 bits per heavy atom. The van der Waals surface area contributed by atoms with Crippen molar-refractivity contribution in [2.45, 2.75) is 25.0 Å². The molecule has 0 radical (unpaired) electrons. The van der Waals surface area contributed by atoms with Crippen molar-refractivity contribution in [1.29, 1.82) is 0 Å². The second-order valence-corrected chi connectivity index (χ2v) is 5.86. The molecule has 1 unspecified atom stereocenters. The molecule has 1 aromatic heterocycles. The van der Waals surface area contributed by atoms with Crippen LogP contribution in [0, 0.1) is 0 Å². The topological polar surface area (TPSA) is 113 Å². The molecule has 1 amide bonds. The van der Waals surface area contributed by atoms with E-state index in [9.17, 15) is 9.59 Å². The van der Waals surface area contributed by atoms with Crippen LogP contribution >= 0.6 is 11.8 Å². The number of aromatic nitrogens is 3. The number of thioether (sulfide) groups is 1. The van der Waals surface area contributed by atoms with Gasteiger partial charge in [0.2, 0.25) is 11.9 Å². The molecule has 0 aliphatic carbocycles. The zero-order valence-electron chi connectivity index (χ0n) is 13.2. The smallest absolute Gasteiger partial charge is 0.316 e. The summed E-state index contributed by atoms with van der Waals surface area (Å²) in [5, 5.41) is 8.18. The number of esters is 1. The number of morpholine rings is 1. The van der Waals surface area contributed by atoms with Gasteiger partial charge >= 0.3 is 5.97 Å². The number of carbonyl (C=O) groups is 2. The number of hydrogen-bond donors (Lipinski definition) is 1. The third-order valence-electron chi connectivity index (χ3n) is 3.38. The maximum atomic E-state index is 12.6. The standard InChI is InChI=1S/C13H21N5O4S/c1-3-22-10(19)8-23-13-16-15-12(14)18(13)9(2)11(20)17-4-6-21-7-5-17/h9H,3-8H2,1-2H3,(H2,14,15). The number of carbonyl (C=O) groups excluding carboxylic acids is 2. The summed E-state index contributed by atoms with van der Waals surface area (Å²) in [4.78, 5) is 25.8. The van der Waals surface area contributed by atoms with Crippen molar-refractivity contribution < 1.29 is 19.1 Å². The normalized spacial score (nSPS) is 16.2. The number of nitrogens with two attached hydrogens (primary N) is 1. The lowest BCUT2D eigenvalue weighted by Crippen LogP contribution is -2.43. The van der Waals surface area contributed by atoms with Gasteiger partial charge in [0.25, 0.3) is 0 Å². The van der Waals surface area contributed by atoms with Crippen molar-refractivity contribution in [2.75, 3.05) is 44.4 Å².